The maximum absolute atomic E-state index is 13.2. The van der Waals surface area contributed by atoms with Gasteiger partial charge in [0.2, 0.25) is 0 Å². The van der Waals surface area contributed by atoms with Crippen LogP contribution in [-0.4, -0.2) is 23.6 Å². The van der Waals surface area contributed by atoms with Crippen LogP contribution in [0.1, 0.15) is 50.4 Å². The molecule has 0 saturated heterocycles. The number of rotatable bonds is 6. The highest BCUT2D eigenvalue weighted by molar-refractivity contribution is 6.06. The molecule has 5 nitrogen and oxygen atoms in total. The second-order valence-corrected chi connectivity index (χ2v) is 7.98. The Morgan fingerprint density at radius 1 is 0.969 bits per heavy atom. The Hall–Kier alpha value is -3.86. The standard InChI is InChI=1S/C27H26N2O3/c1-18-7-9-20(10-8-18)17-29-16-15-22-5-4-6-24(25(22)29)26(30)28-19(2)21-11-13-23(14-12-21)27(31)32-3/h4-16,19H,17H2,1-3H3,(H,28,30)/t19-/m0/s1. The number of carbonyl (C=O) groups excluding carboxylic acids is 2. The second kappa shape index (κ2) is 9.10. The molecule has 1 N–H and O–H groups in total. The smallest absolute Gasteiger partial charge is 0.337 e. The molecule has 0 unspecified atom stereocenters. The van der Waals surface area contributed by atoms with Crippen LogP contribution < -0.4 is 5.32 Å². The maximum atomic E-state index is 13.2. The van der Waals surface area contributed by atoms with Crippen molar-refractivity contribution in [3.8, 4) is 0 Å². The summed E-state index contributed by atoms with van der Waals surface area (Å²) in [7, 11) is 1.36. The molecule has 3 aromatic carbocycles. The molecule has 0 bridgehead atoms. The van der Waals surface area contributed by atoms with Crippen molar-refractivity contribution in [3.05, 3.63) is 107 Å². The largest absolute Gasteiger partial charge is 0.465 e. The summed E-state index contributed by atoms with van der Waals surface area (Å²) in [6.45, 7) is 4.69. The van der Waals surface area contributed by atoms with Gasteiger partial charge in [-0.15, -0.1) is 0 Å². The summed E-state index contributed by atoms with van der Waals surface area (Å²) in [6, 6.07) is 23.1. The normalized spacial score (nSPS) is 11.8. The monoisotopic (exact) mass is 426 g/mol. The zero-order valence-electron chi connectivity index (χ0n) is 18.5. The van der Waals surface area contributed by atoms with Crippen LogP contribution in [0.15, 0.2) is 79.0 Å². The number of methoxy groups -OCH3 is 1. The van der Waals surface area contributed by atoms with E-state index in [2.05, 4.69) is 41.1 Å². The maximum Gasteiger partial charge on any atom is 0.337 e. The number of benzene rings is 3. The minimum absolute atomic E-state index is 0.135. The number of carbonyl (C=O) groups is 2. The molecular formula is C27H26N2O3. The number of hydrogen-bond donors (Lipinski definition) is 1. The number of esters is 1. The van der Waals surface area contributed by atoms with E-state index in [4.69, 9.17) is 4.74 Å². The van der Waals surface area contributed by atoms with Crippen LogP contribution in [0.3, 0.4) is 0 Å². The van der Waals surface area contributed by atoms with Crippen LogP contribution in [0.25, 0.3) is 10.9 Å². The third-order valence-electron chi connectivity index (χ3n) is 5.69. The number of ether oxygens (including phenoxy) is 1. The average molecular weight is 427 g/mol. The average Bonchev–Trinajstić information content (AvgIpc) is 3.23. The number of aryl methyl sites for hydroxylation is 1. The lowest BCUT2D eigenvalue weighted by Gasteiger charge is -2.16. The molecular weight excluding hydrogens is 400 g/mol. The minimum Gasteiger partial charge on any atom is -0.465 e. The van der Waals surface area contributed by atoms with E-state index in [1.165, 1.54) is 18.2 Å². The second-order valence-electron chi connectivity index (χ2n) is 7.98. The molecule has 32 heavy (non-hydrogen) atoms. The summed E-state index contributed by atoms with van der Waals surface area (Å²) < 4.78 is 6.86. The van der Waals surface area contributed by atoms with Gasteiger partial charge in [-0.2, -0.15) is 0 Å². The van der Waals surface area contributed by atoms with Crippen molar-refractivity contribution in [2.45, 2.75) is 26.4 Å². The Kier molecular flexibility index (Phi) is 6.08. The number of aromatic nitrogens is 1. The summed E-state index contributed by atoms with van der Waals surface area (Å²) >= 11 is 0. The zero-order chi connectivity index (χ0) is 22.7. The minimum atomic E-state index is -0.380. The van der Waals surface area contributed by atoms with E-state index in [0.717, 1.165) is 16.5 Å². The molecule has 162 valence electrons. The predicted molar refractivity (Wildman–Crippen MR) is 126 cm³/mol. The van der Waals surface area contributed by atoms with Gasteiger partial charge in [0, 0.05) is 18.1 Å². The molecule has 5 heteroatoms. The van der Waals surface area contributed by atoms with Gasteiger partial charge in [-0.3, -0.25) is 4.79 Å². The SMILES string of the molecule is COC(=O)c1ccc([C@H](C)NC(=O)c2cccc3ccn(Cc4ccc(C)cc4)c23)cc1. The van der Waals surface area contributed by atoms with Crippen molar-refractivity contribution < 1.29 is 14.3 Å². The van der Waals surface area contributed by atoms with Gasteiger partial charge < -0.3 is 14.6 Å². The number of amides is 1. The van der Waals surface area contributed by atoms with Crippen molar-refractivity contribution in [2.75, 3.05) is 7.11 Å². The number of nitrogens with one attached hydrogen (secondary N) is 1. The predicted octanol–water partition coefficient (Wildman–Crippen LogP) is 5.28. The molecule has 0 fully saturated rings. The van der Waals surface area contributed by atoms with Gasteiger partial charge in [0.05, 0.1) is 29.8 Å². The lowest BCUT2D eigenvalue weighted by atomic mass is 10.0. The molecule has 0 aliphatic heterocycles. The van der Waals surface area contributed by atoms with E-state index in [-0.39, 0.29) is 17.9 Å². The molecule has 1 amide bonds. The molecule has 0 aliphatic carbocycles. The van der Waals surface area contributed by atoms with Gasteiger partial charge in [-0.25, -0.2) is 4.79 Å². The molecule has 4 aromatic rings. The van der Waals surface area contributed by atoms with Gasteiger partial charge in [0.1, 0.15) is 0 Å². The first-order valence-corrected chi connectivity index (χ1v) is 10.6. The Labute approximate surface area is 187 Å². The first-order valence-electron chi connectivity index (χ1n) is 10.6. The van der Waals surface area contributed by atoms with Crippen LogP contribution in [-0.2, 0) is 11.3 Å². The van der Waals surface area contributed by atoms with Gasteiger partial charge in [-0.05, 0) is 49.2 Å². The molecule has 0 radical (unpaired) electrons. The van der Waals surface area contributed by atoms with Crippen LogP contribution in [0, 0.1) is 6.92 Å². The summed E-state index contributed by atoms with van der Waals surface area (Å²) in [5.41, 5.74) is 5.35. The number of nitrogens with zero attached hydrogens (tertiary/aromatic N) is 1. The number of fused-ring (bicyclic) bond motifs is 1. The topological polar surface area (TPSA) is 60.3 Å². The highest BCUT2D eigenvalue weighted by Gasteiger charge is 2.17. The molecule has 1 aromatic heterocycles. The summed E-state index contributed by atoms with van der Waals surface area (Å²) in [4.78, 5) is 24.9. The van der Waals surface area contributed by atoms with E-state index < -0.39 is 0 Å². The highest BCUT2D eigenvalue weighted by atomic mass is 16.5. The van der Waals surface area contributed by atoms with Crippen molar-refractivity contribution in [3.63, 3.8) is 0 Å². The molecule has 1 heterocycles. The molecule has 1 atom stereocenters. The van der Waals surface area contributed by atoms with E-state index in [1.54, 1.807) is 12.1 Å². The quantitative estimate of drug-likeness (QED) is 0.427. The highest BCUT2D eigenvalue weighted by Crippen LogP contribution is 2.23. The van der Waals surface area contributed by atoms with Crippen molar-refractivity contribution in [1.29, 1.82) is 0 Å². The van der Waals surface area contributed by atoms with Gasteiger partial charge in [0.15, 0.2) is 0 Å². The third kappa shape index (κ3) is 4.42. The summed E-state index contributed by atoms with van der Waals surface area (Å²) in [5.74, 6) is -0.516. The van der Waals surface area contributed by atoms with E-state index >= 15 is 0 Å². The van der Waals surface area contributed by atoms with Crippen molar-refractivity contribution in [1.82, 2.24) is 9.88 Å². The van der Waals surface area contributed by atoms with Crippen LogP contribution in [0.5, 0.6) is 0 Å². The molecule has 0 aliphatic rings. The van der Waals surface area contributed by atoms with E-state index in [1.807, 2.05) is 49.5 Å². The van der Waals surface area contributed by atoms with Gasteiger partial charge in [-0.1, -0.05) is 54.1 Å². The molecule has 0 saturated carbocycles. The fraction of sp³-hybridized carbons (Fsp3) is 0.185. The lowest BCUT2D eigenvalue weighted by Crippen LogP contribution is -2.27. The summed E-state index contributed by atoms with van der Waals surface area (Å²) in [5, 5.41) is 4.11. The van der Waals surface area contributed by atoms with Crippen LogP contribution in [0.2, 0.25) is 0 Å². The summed E-state index contributed by atoms with van der Waals surface area (Å²) in [6.07, 6.45) is 2.02. The first kappa shape index (κ1) is 21.4. The Morgan fingerprint density at radius 2 is 1.69 bits per heavy atom. The number of hydrogen-bond acceptors (Lipinski definition) is 3. The van der Waals surface area contributed by atoms with E-state index in [9.17, 15) is 9.59 Å². The first-order chi connectivity index (χ1) is 15.5. The van der Waals surface area contributed by atoms with Crippen LogP contribution >= 0.6 is 0 Å². The fourth-order valence-corrected chi connectivity index (χ4v) is 3.85. The molecule has 0 spiro atoms. The Bertz CT molecular complexity index is 1250. The number of para-hydroxylation sites is 1. The Balaban J connectivity index is 1.57. The van der Waals surface area contributed by atoms with E-state index in [0.29, 0.717) is 17.7 Å². The zero-order valence-corrected chi connectivity index (χ0v) is 18.5. The fourth-order valence-electron chi connectivity index (χ4n) is 3.85. The third-order valence-corrected chi connectivity index (χ3v) is 5.69. The van der Waals surface area contributed by atoms with Gasteiger partial charge in [0.25, 0.3) is 5.91 Å². The van der Waals surface area contributed by atoms with Crippen molar-refractivity contribution >= 4 is 22.8 Å². The van der Waals surface area contributed by atoms with Crippen LogP contribution in [0.4, 0.5) is 0 Å². The van der Waals surface area contributed by atoms with Crippen molar-refractivity contribution in [2.24, 2.45) is 0 Å². The van der Waals surface area contributed by atoms with Gasteiger partial charge >= 0.3 is 5.97 Å². The molecule has 4 rings (SSSR count). The Morgan fingerprint density at radius 3 is 2.38 bits per heavy atom. The lowest BCUT2D eigenvalue weighted by molar-refractivity contribution is 0.0600.